The Hall–Kier alpha value is -0.860. The van der Waals surface area contributed by atoms with E-state index in [1.807, 2.05) is 0 Å². The van der Waals surface area contributed by atoms with Crippen LogP contribution in [-0.2, 0) is 4.74 Å². The average molecular weight is 219 g/mol. The van der Waals surface area contributed by atoms with Crippen LogP contribution in [0.15, 0.2) is 30.3 Å². The van der Waals surface area contributed by atoms with Gasteiger partial charge in [-0.05, 0) is 12.0 Å². The van der Waals surface area contributed by atoms with E-state index in [1.54, 1.807) is 0 Å². The average Bonchev–Trinajstić information content (AvgIpc) is 2.39. The highest BCUT2D eigenvalue weighted by atomic mass is 16.5. The predicted molar refractivity (Wildman–Crippen MR) is 66.7 cm³/mol. The minimum atomic E-state index is 0.307. The van der Waals surface area contributed by atoms with Crippen molar-refractivity contribution < 1.29 is 4.74 Å². The first kappa shape index (κ1) is 11.6. The van der Waals surface area contributed by atoms with Crippen LogP contribution in [0, 0.1) is 0 Å². The molecule has 2 heteroatoms. The standard InChI is InChI=1S/C14H21NO/c1-3-13-9-15-10-14(16-13)11(2)12-7-5-4-6-8-12/h4-8,11,13-15H,3,9-10H2,1-2H3. The van der Waals surface area contributed by atoms with Crippen molar-refractivity contribution in [3.05, 3.63) is 35.9 Å². The van der Waals surface area contributed by atoms with Crippen LogP contribution in [0.25, 0.3) is 0 Å². The summed E-state index contributed by atoms with van der Waals surface area (Å²) < 4.78 is 6.09. The largest absolute Gasteiger partial charge is 0.372 e. The van der Waals surface area contributed by atoms with Crippen LogP contribution in [0.3, 0.4) is 0 Å². The molecule has 0 bridgehead atoms. The van der Waals surface area contributed by atoms with Gasteiger partial charge in [0, 0.05) is 19.0 Å². The minimum Gasteiger partial charge on any atom is -0.372 e. The van der Waals surface area contributed by atoms with Crippen LogP contribution >= 0.6 is 0 Å². The fourth-order valence-corrected chi connectivity index (χ4v) is 2.24. The number of rotatable bonds is 3. The molecule has 16 heavy (non-hydrogen) atoms. The number of benzene rings is 1. The van der Waals surface area contributed by atoms with E-state index in [4.69, 9.17) is 4.74 Å². The normalized spacial score (nSPS) is 27.6. The fourth-order valence-electron chi connectivity index (χ4n) is 2.24. The molecule has 1 saturated heterocycles. The van der Waals surface area contributed by atoms with E-state index in [0.717, 1.165) is 19.5 Å². The Morgan fingerprint density at radius 1 is 1.31 bits per heavy atom. The van der Waals surface area contributed by atoms with E-state index >= 15 is 0 Å². The van der Waals surface area contributed by atoms with E-state index in [2.05, 4.69) is 49.5 Å². The minimum absolute atomic E-state index is 0.307. The predicted octanol–water partition coefficient (Wildman–Crippen LogP) is 2.56. The molecule has 88 valence electrons. The second-order valence-electron chi connectivity index (χ2n) is 4.56. The van der Waals surface area contributed by atoms with Gasteiger partial charge in [-0.1, -0.05) is 44.2 Å². The summed E-state index contributed by atoms with van der Waals surface area (Å²) in [6.07, 6.45) is 1.77. The molecule has 3 atom stereocenters. The molecule has 1 heterocycles. The summed E-state index contributed by atoms with van der Waals surface area (Å²) in [7, 11) is 0. The molecule has 0 saturated carbocycles. The smallest absolute Gasteiger partial charge is 0.0769 e. The number of morpholine rings is 1. The molecule has 1 aromatic carbocycles. The van der Waals surface area contributed by atoms with Gasteiger partial charge in [0.2, 0.25) is 0 Å². The molecule has 2 nitrogen and oxygen atoms in total. The second-order valence-corrected chi connectivity index (χ2v) is 4.56. The van der Waals surface area contributed by atoms with Crippen molar-refractivity contribution in [3.63, 3.8) is 0 Å². The van der Waals surface area contributed by atoms with Crippen molar-refractivity contribution >= 4 is 0 Å². The molecule has 0 amide bonds. The van der Waals surface area contributed by atoms with Gasteiger partial charge in [0.25, 0.3) is 0 Å². The summed E-state index contributed by atoms with van der Waals surface area (Å²) in [6.45, 7) is 6.39. The lowest BCUT2D eigenvalue weighted by molar-refractivity contribution is -0.0485. The SMILES string of the molecule is CCC1CNCC(C(C)c2ccccc2)O1. The third-order valence-electron chi connectivity index (χ3n) is 3.42. The van der Waals surface area contributed by atoms with Crippen LogP contribution in [0.1, 0.15) is 31.7 Å². The van der Waals surface area contributed by atoms with Crippen LogP contribution in [0.5, 0.6) is 0 Å². The maximum absolute atomic E-state index is 6.09. The highest BCUT2D eigenvalue weighted by Gasteiger charge is 2.26. The molecule has 0 spiro atoms. The van der Waals surface area contributed by atoms with E-state index in [-0.39, 0.29) is 0 Å². The number of hydrogen-bond donors (Lipinski definition) is 1. The summed E-state index contributed by atoms with van der Waals surface area (Å²) >= 11 is 0. The molecular formula is C14H21NO. The van der Waals surface area contributed by atoms with Crippen LogP contribution < -0.4 is 5.32 Å². The fraction of sp³-hybridized carbons (Fsp3) is 0.571. The maximum atomic E-state index is 6.09. The monoisotopic (exact) mass is 219 g/mol. The zero-order valence-electron chi connectivity index (χ0n) is 10.1. The molecule has 0 aromatic heterocycles. The summed E-state index contributed by atoms with van der Waals surface area (Å²) in [4.78, 5) is 0. The molecule has 1 aliphatic heterocycles. The van der Waals surface area contributed by atoms with E-state index in [1.165, 1.54) is 5.56 Å². The molecule has 1 N–H and O–H groups in total. The Kier molecular flexibility index (Phi) is 3.97. The first-order valence-corrected chi connectivity index (χ1v) is 6.22. The highest BCUT2D eigenvalue weighted by Crippen LogP contribution is 2.24. The van der Waals surface area contributed by atoms with Gasteiger partial charge in [0.15, 0.2) is 0 Å². The molecule has 0 radical (unpaired) electrons. The molecule has 1 aromatic rings. The Morgan fingerprint density at radius 2 is 2.06 bits per heavy atom. The first-order chi connectivity index (χ1) is 7.81. The maximum Gasteiger partial charge on any atom is 0.0769 e. The quantitative estimate of drug-likeness (QED) is 0.843. The van der Waals surface area contributed by atoms with Crippen molar-refractivity contribution in [1.82, 2.24) is 5.32 Å². The number of ether oxygens (including phenoxy) is 1. The molecule has 0 aliphatic carbocycles. The molecule has 1 aliphatic rings. The van der Waals surface area contributed by atoms with Crippen LogP contribution in [0.2, 0.25) is 0 Å². The van der Waals surface area contributed by atoms with Crippen molar-refractivity contribution in [1.29, 1.82) is 0 Å². The lowest BCUT2D eigenvalue weighted by atomic mass is 9.94. The topological polar surface area (TPSA) is 21.3 Å². The molecule has 2 rings (SSSR count). The molecule has 1 fully saturated rings. The van der Waals surface area contributed by atoms with Crippen molar-refractivity contribution in [2.45, 2.75) is 38.4 Å². The number of hydrogen-bond acceptors (Lipinski definition) is 2. The van der Waals surface area contributed by atoms with Crippen LogP contribution in [-0.4, -0.2) is 25.3 Å². The summed E-state index contributed by atoms with van der Waals surface area (Å²) in [6, 6.07) is 10.6. The summed E-state index contributed by atoms with van der Waals surface area (Å²) in [5, 5.41) is 3.46. The van der Waals surface area contributed by atoms with Gasteiger partial charge in [-0.25, -0.2) is 0 Å². The van der Waals surface area contributed by atoms with Crippen LogP contribution in [0.4, 0.5) is 0 Å². The van der Waals surface area contributed by atoms with Gasteiger partial charge >= 0.3 is 0 Å². The Labute approximate surface area is 98.0 Å². The zero-order valence-corrected chi connectivity index (χ0v) is 10.1. The van der Waals surface area contributed by atoms with E-state index < -0.39 is 0 Å². The first-order valence-electron chi connectivity index (χ1n) is 6.22. The Bertz CT molecular complexity index is 312. The molecular weight excluding hydrogens is 198 g/mol. The lowest BCUT2D eigenvalue weighted by Gasteiger charge is -2.34. The summed E-state index contributed by atoms with van der Waals surface area (Å²) in [5.74, 6) is 0.461. The Balaban J connectivity index is 2.01. The molecule has 3 unspecified atom stereocenters. The lowest BCUT2D eigenvalue weighted by Crippen LogP contribution is -2.46. The van der Waals surface area contributed by atoms with Gasteiger partial charge < -0.3 is 10.1 Å². The zero-order chi connectivity index (χ0) is 11.4. The highest BCUT2D eigenvalue weighted by molar-refractivity contribution is 5.20. The van der Waals surface area contributed by atoms with Crippen molar-refractivity contribution in [3.8, 4) is 0 Å². The van der Waals surface area contributed by atoms with E-state index in [0.29, 0.717) is 18.1 Å². The summed E-state index contributed by atoms with van der Waals surface area (Å²) in [5.41, 5.74) is 1.37. The Morgan fingerprint density at radius 3 is 2.75 bits per heavy atom. The van der Waals surface area contributed by atoms with Crippen molar-refractivity contribution in [2.24, 2.45) is 0 Å². The number of nitrogens with one attached hydrogen (secondary N) is 1. The second kappa shape index (κ2) is 5.46. The van der Waals surface area contributed by atoms with Gasteiger partial charge in [-0.2, -0.15) is 0 Å². The third kappa shape index (κ3) is 2.63. The van der Waals surface area contributed by atoms with Gasteiger partial charge in [0.1, 0.15) is 0 Å². The van der Waals surface area contributed by atoms with Gasteiger partial charge in [-0.15, -0.1) is 0 Å². The van der Waals surface area contributed by atoms with Crippen molar-refractivity contribution in [2.75, 3.05) is 13.1 Å². The van der Waals surface area contributed by atoms with E-state index in [9.17, 15) is 0 Å². The van der Waals surface area contributed by atoms with Gasteiger partial charge in [-0.3, -0.25) is 0 Å². The third-order valence-corrected chi connectivity index (χ3v) is 3.42. The van der Waals surface area contributed by atoms with Gasteiger partial charge in [0.05, 0.1) is 12.2 Å².